The van der Waals surface area contributed by atoms with E-state index in [0.29, 0.717) is 12.6 Å². The van der Waals surface area contributed by atoms with Crippen LogP contribution >= 0.6 is 11.6 Å². The lowest BCUT2D eigenvalue weighted by Crippen LogP contribution is -2.48. The molecule has 23 heavy (non-hydrogen) atoms. The maximum Gasteiger partial charge on any atom is 0.242 e. The quantitative estimate of drug-likeness (QED) is 0.716. The number of aryl methyl sites for hydroxylation is 1. The van der Waals surface area contributed by atoms with Crippen molar-refractivity contribution in [3.8, 4) is 0 Å². The van der Waals surface area contributed by atoms with Gasteiger partial charge in [-0.25, -0.2) is 0 Å². The van der Waals surface area contributed by atoms with Crippen molar-refractivity contribution in [2.45, 2.75) is 57.6 Å². The first-order valence-electron chi connectivity index (χ1n) is 8.15. The summed E-state index contributed by atoms with van der Waals surface area (Å²) in [6.07, 6.45) is 4.05. The second kappa shape index (κ2) is 7.39. The second-order valence-corrected chi connectivity index (χ2v) is 7.19. The van der Waals surface area contributed by atoms with E-state index in [9.17, 15) is 9.59 Å². The number of hydrogen-bond donors (Lipinski definition) is 0. The molecule has 0 spiro atoms. The van der Waals surface area contributed by atoms with Crippen molar-refractivity contribution in [1.29, 1.82) is 0 Å². The molecule has 1 atom stereocenters. The molecule has 1 saturated carbocycles. The molecule has 128 valence electrons. The largest absolute Gasteiger partial charge is 0.353 e. The lowest BCUT2D eigenvalue weighted by molar-refractivity contribution is -0.142. The zero-order valence-electron chi connectivity index (χ0n) is 14.3. The number of rotatable bonds is 7. The van der Waals surface area contributed by atoms with Gasteiger partial charge in [0.1, 0.15) is 11.9 Å². The first-order valence-corrected chi connectivity index (χ1v) is 8.59. The first kappa shape index (κ1) is 17.9. The van der Waals surface area contributed by atoms with Crippen molar-refractivity contribution in [3.05, 3.63) is 24.0 Å². The fourth-order valence-corrected chi connectivity index (χ4v) is 2.75. The highest BCUT2D eigenvalue weighted by Crippen LogP contribution is 2.28. The fourth-order valence-electron chi connectivity index (χ4n) is 2.62. The Morgan fingerprint density at radius 1 is 1.35 bits per heavy atom. The van der Waals surface area contributed by atoms with Gasteiger partial charge in [-0.15, -0.1) is 11.6 Å². The SMILES string of the molecule is CC(Cl)C(=O)N(CC(=O)N(Cc1cccn1C)C1CC1)C(C)C. The first-order chi connectivity index (χ1) is 10.8. The Morgan fingerprint density at radius 2 is 2.00 bits per heavy atom. The fraction of sp³-hybridized carbons (Fsp3) is 0.647. The van der Waals surface area contributed by atoms with E-state index in [1.165, 1.54) is 0 Å². The summed E-state index contributed by atoms with van der Waals surface area (Å²) in [5.41, 5.74) is 1.10. The highest BCUT2D eigenvalue weighted by molar-refractivity contribution is 6.30. The van der Waals surface area contributed by atoms with E-state index >= 15 is 0 Å². The summed E-state index contributed by atoms with van der Waals surface area (Å²) in [7, 11) is 1.98. The summed E-state index contributed by atoms with van der Waals surface area (Å²) in [4.78, 5) is 28.5. The van der Waals surface area contributed by atoms with Crippen LogP contribution < -0.4 is 0 Å². The van der Waals surface area contributed by atoms with E-state index < -0.39 is 5.38 Å². The Hall–Kier alpha value is -1.49. The molecule has 0 aromatic carbocycles. The standard InChI is InChI=1S/C17H26ClN3O2/c1-12(2)20(17(23)13(3)18)11-16(22)21(14-7-8-14)10-15-6-5-9-19(15)4/h5-6,9,12-14H,7-8,10-11H2,1-4H3. The molecule has 6 heteroatoms. The maximum absolute atomic E-state index is 12.8. The molecule has 0 bridgehead atoms. The number of nitrogens with zero attached hydrogens (tertiary/aromatic N) is 3. The normalized spacial score (nSPS) is 15.6. The minimum Gasteiger partial charge on any atom is -0.353 e. The molecule has 1 unspecified atom stereocenters. The van der Waals surface area contributed by atoms with Gasteiger partial charge in [0.25, 0.3) is 0 Å². The number of carbonyl (C=O) groups is 2. The number of hydrogen-bond acceptors (Lipinski definition) is 2. The lowest BCUT2D eigenvalue weighted by atomic mass is 10.2. The van der Waals surface area contributed by atoms with Gasteiger partial charge < -0.3 is 14.4 Å². The van der Waals surface area contributed by atoms with Crippen LogP contribution in [0.2, 0.25) is 0 Å². The minimum absolute atomic E-state index is 0.00642. The summed E-state index contributed by atoms with van der Waals surface area (Å²) in [5.74, 6) is -0.197. The third-order valence-electron chi connectivity index (χ3n) is 4.24. The molecule has 2 amide bonds. The smallest absolute Gasteiger partial charge is 0.242 e. The molecule has 0 saturated heterocycles. The molecular formula is C17H26ClN3O2. The average Bonchev–Trinajstić information content (AvgIpc) is 3.24. The third kappa shape index (κ3) is 4.50. The van der Waals surface area contributed by atoms with Crippen LogP contribution in [0, 0.1) is 0 Å². The van der Waals surface area contributed by atoms with E-state index in [0.717, 1.165) is 18.5 Å². The molecule has 1 aromatic rings. The molecule has 1 aliphatic rings. The van der Waals surface area contributed by atoms with E-state index in [1.54, 1.807) is 11.8 Å². The number of aromatic nitrogens is 1. The number of carbonyl (C=O) groups excluding carboxylic acids is 2. The predicted octanol–water partition coefficient (Wildman–Crippen LogP) is 2.38. The monoisotopic (exact) mass is 339 g/mol. The van der Waals surface area contributed by atoms with Crippen LogP contribution in [0.1, 0.15) is 39.3 Å². The van der Waals surface area contributed by atoms with Gasteiger partial charge in [0.05, 0.1) is 6.54 Å². The zero-order chi connectivity index (χ0) is 17.1. The predicted molar refractivity (Wildman–Crippen MR) is 91.1 cm³/mol. The van der Waals surface area contributed by atoms with Gasteiger partial charge in [0.15, 0.2) is 0 Å². The summed E-state index contributed by atoms with van der Waals surface area (Å²) in [5, 5.41) is -0.618. The minimum atomic E-state index is -0.618. The Morgan fingerprint density at radius 3 is 2.43 bits per heavy atom. The van der Waals surface area contributed by atoms with Crippen molar-refractivity contribution in [1.82, 2.24) is 14.4 Å². The Balaban J connectivity index is 2.08. The molecule has 0 aliphatic heterocycles. The molecule has 1 aromatic heterocycles. The van der Waals surface area contributed by atoms with Crippen LogP contribution in [0.15, 0.2) is 18.3 Å². The van der Waals surface area contributed by atoms with Crippen LogP contribution in [-0.2, 0) is 23.2 Å². The van der Waals surface area contributed by atoms with Gasteiger partial charge in [-0.2, -0.15) is 0 Å². The second-order valence-electron chi connectivity index (χ2n) is 6.54. The maximum atomic E-state index is 12.8. The molecule has 0 radical (unpaired) electrons. The highest BCUT2D eigenvalue weighted by Gasteiger charge is 2.34. The van der Waals surface area contributed by atoms with Gasteiger partial charge in [0, 0.05) is 31.0 Å². The Bertz CT molecular complexity index is 564. The Labute approximate surface area is 143 Å². The molecule has 1 fully saturated rings. The zero-order valence-corrected chi connectivity index (χ0v) is 15.1. The van der Waals surface area contributed by atoms with Crippen molar-refractivity contribution in [2.24, 2.45) is 7.05 Å². The Kier molecular flexibility index (Phi) is 5.74. The van der Waals surface area contributed by atoms with Gasteiger partial charge in [-0.05, 0) is 45.7 Å². The average molecular weight is 340 g/mol. The number of alkyl halides is 1. The van der Waals surface area contributed by atoms with E-state index in [4.69, 9.17) is 11.6 Å². The summed E-state index contributed by atoms with van der Waals surface area (Å²) in [6.45, 7) is 6.14. The molecule has 1 heterocycles. The third-order valence-corrected chi connectivity index (χ3v) is 4.43. The van der Waals surface area contributed by atoms with Crippen LogP contribution in [0.4, 0.5) is 0 Å². The van der Waals surface area contributed by atoms with Crippen molar-refractivity contribution >= 4 is 23.4 Å². The lowest BCUT2D eigenvalue weighted by Gasteiger charge is -2.31. The van der Waals surface area contributed by atoms with E-state index in [1.807, 2.05) is 48.7 Å². The molecule has 5 nitrogen and oxygen atoms in total. The van der Waals surface area contributed by atoms with Crippen LogP contribution in [-0.4, -0.2) is 50.2 Å². The van der Waals surface area contributed by atoms with Gasteiger partial charge in [-0.3, -0.25) is 9.59 Å². The van der Waals surface area contributed by atoms with Gasteiger partial charge in [-0.1, -0.05) is 0 Å². The van der Waals surface area contributed by atoms with Gasteiger partial charge in [0.2, 0.25) is 11.8 Å². The van der Waals surface area contributed by atoms with Gasteiger partial charge >= 0.3 is 0 Å². The van der Waals surface area contributed by atoms with Crippen LogP contribution in [0.25, 0.3) is 0 Å². The highest BCUT2D eigenvalue weighted by atomic mass is 35.5. The number of amides is 2. The molecule has 1 aliphatic carbocycles. The molecular weight excluding hydrogens is 314 g/mol. The molecule has 2 rings (SSSR count). The van der Waals surface area contributed by atoms with Crippen molar-refractivity contribution < 1.29 is 9.59 Å². The summed E-state index contributed by atoms with van der Waals surface area (Å²) < 4.78 is 2.02. The van der Waals surface area contributed by atoms with E-state index in [-0.39, 0.29) is 24.4 Å². The van der Waals surface area contributed by atoms with E-state index in [2.05, 4.69) is 0 Å². The summed E-state index contributed by atoms with van der Waals surface area (Å²) in [6, 6.07) is 4.25. The van der Waals surface area contributed by atoms with Crippen LogP contribution in [0.5, 0.6) is 0 Å². The number of halogens is 1. The topological polar surface area (TPSA) is 45.6 Å². The summed E-state index contributed by atoms with van der Waals surface area (Å²) >= 11 is 5.92. The van der Waals surface area contributed by atoms with Crippen molar-refractivity contribution in [3.63, 3.8) is 0 Å². The van der Waals surface area contributed by atoms with Crippen molar-refractivity contribution in [2.75, 3.05) is 6.54 Å². The van der Waals surface area contributed by atoms with Crippen LogP contribution in [0.3, 0.4) is 0 Å². The molecule has 0 N–H and O–H groups in total.